The van der Waals surface area contributed by atoms with E-state index in [1.165, 1.54) is 24.3 Å². The minimum atomic E-state index is -3.87. The van der Waals surface area contributed by atoms with Crippen molar-refractivity contribution >= 4 is 105 Å². The van der Waals surface area contributed by atoms with E-state index < -0.39 is 9.84 Å². The van der Waals surface area contributed by atoms with Gasteiger partial charge in [0.05, 0.1) is 50.3 Å². The number of alkyl halides is 2. The van der Waals surface area contributed by atoms with Crippen LogP contribution in [-0.2, 0) is 19.3 Å². The first-order chi connectivity index (χ1) is 17.8. The third kappa shape index (κ3) is 11.4. The molecule has 2 aromatic carbocycles. The summed E-state index contributed by atoms with van der Waals surface area (Å²) >= 11 is 20.9. The Morgan fingerprint density at radius 3 is 1.49 bits per heavy atom. The highest BCUT2D eigenvalue weighted by atomic mass is 79.9. The molecule has 0 bridgehead atoms. The number of sulfone groups is 1. The van der Waals surface area contributed by atoms with Crippen molar-refractivity contribution < 1.29 is 27.4 Å². The Balaban J connectivity index is 2.23. The predicted molar refractivity (Wildman–Crippen MR) is 177 cm³/mol. The van der Waals surface area contributed by atoms with Crippen molar-refractivity contribution in [2.45, 2.75) is 73.5 Å². The summed E-state index contributed by atoms with van der Waals surface area (Å²) in [4.78, 5) is 0.161. The molecule has 6 nitrogen and oxygen atoms in total. The van der Waals surface area contributed by atoms with Crippen LogP contribution in [0.25, 0.3) is 0 Å². The van der Waals surface area contributed by atoms with Crippen molar-refractivity contribution in [1.82, 2.24) is 0 Å². The van der Waals surface area contributed by atoms with E-state index in [9.17, 15) is 8.42 Å². The molecular formula is C26H32Br6O6S. The van der Waals surface area contributed by atoms with Crippen LogP contribution in [-0.4, -0.2) is 55.7 Å². The van der Waals surface area contributed by atoms with Crippen molar-refractivity contribution in [3.05, 3.63) is 42.2 Å². The predicted octanol–water partition coefficient (Wildman–Crippen LogP) is 9.48. The van der Waals surface area contributed by atoms with Crippen molar-refractivity contribution in [3.8, 4) is 11.5 Å². The summed E-state index contributed by atoms with van der Waals surface area (Å²) in [6.45, 7) is 13.0. The first-order valence-corrected chi connectivity index (χ1v) is 18.5. The molecule has 0 saturated heterocycles. The Morgan fingerprint density at radius 2 is 1.13 bits per heavy atom. The average Bonchev–Trinajstić information content (AvgIpc) is 2.79. The Kier molecular flexibility index (Phi) is 13.8. The number of ether oxygens (including phenoxy) is 4. The van der Waals surface area contributed by atoms with E-state index >= 15 is 0 Å². The molecule has 2 unspecified atom stereocenters. The van der Waals surface area contributed by atoms with Gasteiger partial charge < -0.3 is 18.9 Å². The lowest BCUT2D eigenvalue weighted by atomic mass is 10.2. The number of hydrogen-bond donors (Lipinski definition) is 0. The molecule has 0 spiro atoms. The van der Waals surface area contributed by atoms with Crippen molar-refractivity contribution in [1.29, 1.82) is 0 Å². The second-order valence-electron chi connectivity index (χ2n) is 10.6. The number of hydrogen-bond acceptors (Lipinski definition) is 6. The smallest absolute Gasteiger partial charge is 0.206 e. The molecular weight excluding hydrogens is 920 g/mol. The fourth-order valence-electron chi connectivity index (χ4n) is 3.14. The zero-order chi connectivity index (χ0) is 29.8. The molecule has 0 aliphatic rings. The molecule has 0 amide bonds. The molecule has 0 fully saturated rings. The van der Waals surface area contributed by atoms with Gasteiger partial charge in [0.1, 0.15) is 30.8 Å². The molecule has 0 heterocycles. The highest BCUT2D eigenvalue weighted by molar-refractivity contribution is 9.11. The van der Waals surface area contributed by atoms with E-state index in [-0.39, 0.29) is 38.5 Å². The van der Waals surface area contributed by atoms with E-state index in [0.717, 1.165) is 0 Å². The average molecular weight is 952 g/mol. The Labute approximate surface area is 282 Å². The van der Waals surface area contributed by atoms with Crippen LogP contribution in [0.4, 0.5) is 0 Å². The molecule has 2 atom stereocenters. The van der Waals surface area contributed by atoms with Crippen molar-refractivity contribution in [3.63, 3.8) is 0 Å². The monoisotopic (exact) mass is 946 g/mol. The van der Waals surface area contributed by atoms with Gasteiger partial charge in [0.25, 0.3) is 0 Å². The van der Waals surface area contributed by atoms with Gasteiger partial charge in [-0.25, -0.2) is 8.42 Å². The van der Waals surface area contributed by atoms with Gasteiger partial charge in [0.2, 0.25) is 9.84 Å². The zero-order valence-electron chi connectivity index (χ0n) is 22.4. The quantitative estimate of drug-likeness (QED) is 0.198. The molecule has 39 heavy (non-hydrogen) atoms. The van der Waals surface area contributed by atoms with Gasteiger partial charge in [0, 0.05) is 5.33 Å². The Morgan fingerprint density at radius 1 is 0.718 bits per heavy atom. The number of rotatable bonds is 12. The lowest BCUT2D eigenvalue weighted by Crippen LogP contribution is -2.32. The lowest BCUT2D eigenvalue weighted by Gasteiger charge is -2.26. The summed E-state index contributed by atoms with van der Waals surface area (Å²) in [7, 11) is -3.87. The normalized spacial score (nSPS) is 14.3. The summed E-state index contributed by atoms with van der Waals surface area (Å²) in [6.07, 6.45) is -0.187. The summed E-state index contributed by atoms with van der Waals surface area (Å²) in [5, 5.41) is 0.594. The Bertz CT molecular complexity index is 1190. The summed E-state index contributed by atoms with van der Waals surface area (Å²) in [6, 6.07) is 6.11. The van der Waals surface area contributed by atoms with E-state index in [0.29, 0.717) is 47.9 Å². The zero-order valence-corrected chi connectivity index (χ0v) is 32.8. The third-order valence-electron chi connectivity index (χ3n) is 4.78. The maximum atomic E-state index is 13.6. The molecule has 0 aliphatic heterocycles. The van der Waals surface area contributed by atoms with Crippen LogP contribution in [0.3, 0.4) is 0 Å². The SMILES string of the molecule is CC(C)(C)OCC(Br)COc1c(Br)cc(S(=O)(=O)c2cc(Br)c(OCC(CBr)OC(C)(C)C)c(Br)c2)cc1Br. The summed E-state index contributed by atoms with van der Waals surface area (Å²) < 4.78 is 52.8. The third-order valence-corrected chi connectivity index (χ3v) is 10.1. The van der Waals surface area contributed by atoms with Crippen molar-refractivity contribution in [2.24, 2.45) is 0 Å². The molecule has 0 aromatic heterocycles. The first kappa shape index (κ1) is 36.0. The maximum absolute atomic E-state index is 13.6. The maximum Gasteiger partial charge on any atom is 0.206 e. The summed E-state index contributed by atoms with van der Waals surface area (Å²) in [5.41, 5.74) is -0.581. The molecule has 2 rings (SSSR count). The van der Waals surface area contributed by atoms with E-state index in [1.807, 2.05) is 41.5 Å². The highest BCUT2D eigenvalue weighted by Crippen LogP contribution is 2.41. The number of benzene rings is 2. The van der Waals surface area contributed by atoms with Gasteiger partial charge in [-0.1, -0.05) is 31.9 Å². The van der Waals surface area contributed by atoms with E-state index in [4.69, 9.17) is 18.9 Å². The highest BCUT2D eigenvalue weighted by Gasteiger charge is 2.25. The first-order valence-electron chi connectivity index (χ1n) is 11.8. The largest absolute Gasteiger partial charge is 0.490 e. The second kappa shape index (κ2) is 15.0. The van der Waals surface area contributed by atoms with Crippen molar-refractivity contribution in [2.75, 3.05) is 25.2 Å². The molecule has 0 aliphatic carbocycles. The van der Waals surface area contributed by atoms with Crippen LogP contribution in [0, 0.1) is 0 Å². The molecule has 0 N–H and O–H groups in total. The molecule has 0 radical (unpaired) electrons. The standard InChI is InChI=1S/C26H32Br6O6S/c1-25(2,3)37-13-15(28)12-35-23-19(29)7-17(8-20(23)30)39(33,34)18-9-21(31)24(22(32)10-18)36-14-16(11-27)38-26(4,5)6/h7-10,15-16H,11-14H2,1-6H3. The van der Waals surface area contributed by atoms with Gasteiger partial charge >= 0.3 is 0 Å². The molecule has 13 heteroatoms. The molecule has 220 valence electrons. The topological polar surface area (TPSA) is 71.1 Å². The molecule has 2 aromatic rings. The fourth-order valence-corrected chi connectivity index (χ4v) is 8.53. The van der Waals surface area contributed by atoms with Gasteiger partial charge in [0.15, 0.2) is 0 Å². The second-order valence-corrected chi connectivity index (χ2v) is 17.9. The minimum Gasteiger partial charge on any atom is -0.490 e. The summed E-state index contributed by atoms with van der Waals surface area (Å²) in [5.74, 6) is 0.988. The van der Waals surface area contributed by atoms with Crippen LogP contribution in [0.1, 0.15) is 41.5 Å². The van der Waals surface area contributed by atoms with E-state index in [2.05, 4.69) is 95.6 Å². The lowest BCUT2D eigenvalue weighted by molar-refractivity contribution is -0.0643. The van der Waals surface area contributed by atoms with Crippen LogP contribution in [0.5, 0.6) is 11.5 Å². The number of halogens is 6. The van der Waals surface area contributed by atoms with Crippen LogP contribution >= 0.6 is 95.6 Å². The van der Waals surface area contributed by atoms with Gasteiger partial charge in [-0.15, -0.1) is 0 Å². The van der Waals surface area contributed by atoms with Gasteiger partial charge in [-0.2, -0.15) is 0 Å². The fraction of sp³-hybridized carbons (Fsp3) is 0.538. The van der Waals surface area contributed by atoms with Gasteiger partial charge in [-0.05, 0) is 130 Å². The van der Waals surface area contributed by atoms with Crippen LogP contribution < -0.4 is 9.47 Å². The van der Waals surface area contributed by atoms with Crippen LogP contribution in [0.2, 0.25) is 0 Å². The van der Waals surface area contributed by atoms with Gasteiger partial charge in [-0.3, -0.25) is 0 Å². The van der Waals surface area contributed by atoms with E-state index in [1.54, 1.807) is 0 Å². The minimum absolute atomic E-state index is 0.0424. The van der Waals surface area contributed by atoms with Crippen LogP contribution in [0.15, 0.2) is 51.9 Å². The molecule has 0 saturated carbocycles. The Hall–Kier alpha value is 0.790.